The normalized spacial score (nSPS) is 12.7. The van der Waals surface area contributed by atoms with Crippen molar-refractivity contribution in [3.63, 3.8) is 0 Å². The molecule has 0 aliphatic heterocycles. The van der Waals surface area contributed by atoms with Gasteiger partial charge in [-0.15, -0.1) is 11.3 Å². The molecule has 0 saturated heterocycles. The SMILES string of the molecule is CCc1ccccc1-c1sc(C(C)N)cc1C. The van der Waals surface area contributed by atoms with Crippen molar-refractivity contribution in [1.29, 1.82) is 0 Å². The summed E-state index contributed by atoms with van der Waals surface area (Å²) in [7, 11) is 0. The smallest absolute Gasteiger partial charge is 0.0378 e. The summed E-state index contributed by atoms with van der Waals surface area (Å²) in [5.41, 5.74) is 10.1. The van der Waals surface area contributed by atoms with Crippen LogP contribution in [0.25, 0.3) is 10.4 Å². The molecule has 0 spiro atoms. The average molecular weight is 245 g/mol. The minimum Gasteiger partial charge on any atom is -0.324 e. The number of aryl methyl sites for hydroxylation is 2. The topological polar surface area (TPSA) is 26.0 Å². The molecule has 0 fully saturated rings. The third kappa shape index (κ3) is 2.43. The molecule has 1 unspecified atom stereocenters. The molecule has 0 saturated carbocycles. The van der Waals surface area contributed by atoms with Gasteiger partial charge in [-0.25, -0.2) is 0 Å². The van der Waals surface area contributed by atoms with Gasteiger partial charge in [-0.05, 0) is 43.0 Å². The maximum Gasteiger partial charge on any atom is 0.0378 e. The highest BCUT2D eigenvalue weighted by Crippen LogP contribution is 2.36. The molecule has 0 bridgehead atoms. The zero-order valence-corrected chi connectivity index (χ0v) is 11.5. The first-order chi connectivity index (χ1) is 8.13. The van der Waals surface area contributed by atoms with E-state index in [1.165, 1.54) is 26.4 Å². The number of rotatable bonds is 3. The van der Waals surface area contributed by atoms with Crippen LogP contribution in [-0.2, 0) is 6.42 Å². The molecule has 0 amide bonds. The minimum atomic E-state index is 0.126. The van der Waals surface area contributed by atoms with Crippen LogP contribution in [0.5, 0.6) is 0 Å². The van der Waals surface area contributed by atoms with Crippen molar-refractivity contribution in [2.75, 3.05) is 0 Å². The van der Waals surface area contributed by atoms with E-state index >= 15 is 0 Å². The summed E-state index contributed by atoms with van der Waals surface area (Å²) in [6.45, 7) is 6.42. The van der Waals surface area contributed by atoms with E-state index < -0.39 is 0 Å². The predicted molar refractivity (Wildman–Crippen MR) is 76.5 cm³/mol. The Labute approximate surface area is 107 Å². The van der Waals surface area contributed by atoms with Crippen molar-refractivity contribution in [2.24, 2.45) is 5.73 Å². The van der Waals surface area contributed by atoms with Crippen molar-refractivity contribution in [2.45, 2.75) is 33.2 Å². The quantitative estimate of drug-likeness (QED) is 0.857. The molecule has 1 nitrogen and oxygen atoms in total. The van der Waals surface area contributed by atoms with E-state index in [1.54, 1.807) is 0 Å². The fourth-order valence-electron chi connectivity index (χ4n) is 2.05. The summed E-state index contributed by atoms with van der Waals surface area (Å²) in [5, 5.41) is 0. The lowest BCUT2D eigenvalue weighted by Crippen LogP contribution is -2.01. The lowest BCUT2D eigenvalue weighted by atomic mass is 10.0. The van der Waals surface area contributed by atoms with Crippen LogP contribution in [0.4, 0.5) is 0 Å². The van der Waals surface area contributed by atoms with Crippen molar-refractivity contribution < 1.29 is 0 Å². The van der Waals surface area contributed by atoms with Gasteiger partial charge in [0.2, 0.25) is 0 Å². The van der Waals surface area contributed by atoms with Gasteiger partial charge in [-0.1, -0.05) is 31.2 Å². The Balaban J connectivity index is 2.52. The van der Waals surface area contributed by atoms with E-state index in [1.807, 2.05) is 18.3 Å². The first kappa shape index (κ1) is 12.3. The molecule has 0 radical (unpaired) electrons. The van der Waals surface area contributed by atoms with Gasteiger partial charge < -0.3 is 5.73 Å². The third-order valence-corrected chi connectivity index (χ3v) is 4.50. The van der Waals surface area contributed by atoms with Gasteiger partial charge in [0.05, 0.1) is 0 Å². The minimum absolute atomic E-state index is 0.126. The molecule has 1 atom stereocenters. The highest BCUT2D eigenvalue weighted by molar-refractivity contribution is 7.15. The maximum absolute atomic E-state index is 5.95. The van der Waals surface area contributed by atoms with Crippen LogP contribution < -0.4 is 5.73 Å². The first-order valence-electron chi connectivity index (χ1n) is 6.07. The van der Waals surface area contributed by atoms with Gasteiger partial charge in [0, 0.05) is 15.8 Å². The number of nitrogens with two attached hydrogens (primary N) is 1. The van der Waals surface area contributed by atoms with Crippen LogP contribution in [-0.4, -0.2) is 0 Å². The van der Waals surface area contributed by atoms with E-state index in [2.05, 4.69) is 44.2 Å². The monoisotopic (exact) mass is 245 g/mol. The van der Waals surface area contributed by atoms with Gasteiger partial charge >= 0.3 is 0 Å². The highest BCUT2D eigenvalue weighted by atomic mass is 32.1. The Hall–Kier alpha value is -1.12. The largest absolute Gasteiger partial charge is 0.324 e. The standard InChI is InChI=1S/C15H19NS/c1-4-12-7-5-6-8-13(12)15-10(2)9-14(17-15)11(3)16/h5-9,11H,4,16H2,1-3H3. The summed E-state index contributed by atoms with van der Waals surface area (Å²) in [6.07, 6.45) is 1.07. The van der Waals surface area contributed by atoms with Crippen LogP contribution in [0.2, 0.25) is 0 Å². The highest BCUT2D eigenvalue weighted by Gasteiger charge is 2.12. The third-order valence-electron chi connectivity index (χ3n) is 3.03. The molecule has 1 aromatic carbocycles. The van der Waals surface area contributed by atoms with Crippen molar-refractivity contribution in [1.82, 2.24) is 0 Å². The molecule has 2 rings (SSSR count). The van der Waals surface area contributed by atoms with Crippen LogP contribution in [0.15, 0.2) is 30.3 Å². The van der Waals surface area contributed by atoms with Crippen LogP contribution in [0.1, 0.15) is 35.9 Å². The van der Waals surface area contributed by atoms with Crippen molar-refractivity contribution in [3.8, 4) is 10.4 Å². The number of benzene rings is 1. The number of thiophene rings is 1. The van der Waals surface area contributed by atoms with Crippen LogP contribution >= 0.6 is 11.3 Å². The van der Waals surface area contributed by atoms with Gasteiger partial charge in [0.15, 0.2) is 0 Å². The zero-order valence-electron chi connectivity index (χ0n) is 10.7. The first-order valence-corrected chi connectivity index (χ1v) is 6.89. The lowest BCUT2D eigenvalue weighted by Gasteiger charge is -2.06. The van der Waals surface area contributed by atoms with E-state index in [0.717, 1.165) is 6.42 Å². The molecule has 17 heavy (non-hydrogen) atoms. The van der Waals surface area contributed by atoms with Crippen LogP contribution in [0.3, 0.4) is 0 Å². The van der Waals surface area contributed by atoms with Crippen molar-refractivity contribution in [3.05, 3.63) is 46.3 Å². The Bertz CT molecular complexity index is 511. The Morgan fingerprint density at radius 3 is 2.59 bits per heavy atom. The second kappa shape index (κ2) is 5.03. The number of hydrogen-bond acceptors (Lipinski definition) is 2. The van der Waals surface area contributed by atoms with Gasteiger partial charge in [-0.2, -0.15) is 0 Å². The summed E-state index contributed by atoms with van der Waals surface area (Å²) in [6, 6.07) is 11.0. The summed E-state index contributed by atoms with van der Waals surface area (Å²) < 4.78 is 0. The Morgan fingerprint density at radius 2 is 2.00 bits per heavy atom. The van der Waals surface area contributed by atoms with Crippen molar-refractivity contribution >= 4 is 11.3 Å². The second-order valence-electron chi connectivity index (χ2n) is 4.46. The van der Waals surface area contributed by atoms with Gasteiger partial charge in [-0.3, -0.25) is 0 Å². The molecular weight excluding hydrogens is 226 g/mol. The lowest BCUT2D eigenvalue weighted by molar-refractivity contribution is 0.838. The van der Waals surface area contributed by atoms with Crippen LogP contribution in [0, 0.1) is 6.92 Å². The molecule has 0 aliphatic carbocycles. The molecule has 90 valence electrons. The van der Waals surface area contributed by atoms with E-state index in [0.29, 0.717) is 0 Å². The summed E-state index contributed by atoms with van der Waals surface area (Å²) in [5.74, 6) is 0. The zero-order chi connectivity index (χ0) is 12.4. The molecule has 2 heteroatoms. The van der Waals surface area contributed by atoms with E-state index in [-0.39, 0.29) is 6.04 Å². The molecular formula is C15H19NS. The fraction of sp³-hybridized carbons (Fsp3) is 0.333. The fourth-order valence-corrected chi connectivity index (χ4v) is 3.23. The predicted octanol–water partition coefficient (Wildman–Crippen LogP) is 4.31. The summed E-state index contributed by atoms with van der Waals surface area (Å²) in [4.78, 5) is 2.64. The molecule has 1 aromatic heterocycles. The average Bonchev–Trinajstić information content (AvgIpc) is 2.71. The summed E-state index contributed by atoms with van der Waals surface area (Å²) >= 11 is 1.83. The number of hydrogen-bond donors (Lipinski definition) is 1. The van der Waals surface area contributed by atoms with Gasteiger partial charge in [0.1, 0.15) is 0 Å². The Kier molecular flexibility index (Phi) is 3.65. The van der Waals surface area contributed by atoms with E-state index in [9.17, 15) is 0 Å². The Morgan fingerprint density at radius 1 is 1.29 bits per heavy atom. The van der Waals surface area contributed by atoms with E-state index in [4.69, 9.17) is 5.73 Å². The van der Waals surface area contributed by atoms with Gasteiger partial charge in [0.25, 0.3) is 0 Å². The molecule has 2 N–H and O–H groups in total. The maximum atomic E-state index is 5.95. The molecule has 2 aromatic rings. The molecule has 0 aliphatic rings. The second-order valence-corrected chi connectivity index (χ2v) is 5.54. The molecule has 1 heterocycles.